The normalized spacial score (nSPS) is 11.3. The Morgan fingerprint density at radius 1 is 1.05 bits per heavy atom. The maximum atomic E-state index is 8.99. The van der Waals surface area contributed by atoms with Crippen LogP contribution in [-0.2, 0) is 6.61 Å². The minimum atomic E-state index is -0.116. The Morgan fingerprint density at radius 2 is 1.75 bits per heavy atom. The second-order valence-electron chi connectivity index (χ2n) is 4.45. The van der Waals surface area contributed by atoms with Gasteiger partial charge in [-0.1, -0.05) is 49.1 Å². The molecule has 0 aromatic heterocycles. The molecule has 1 N–H and O–H groups in total. The molecule has 0 spiro atoms. The first-order chi connectivity index (χ1) is 9.81. The van der Waals surface area contributed by atoms with Crippen molar-refractivity contribution in [2.45, 2.75) is 26.1 Å². The van der Waals surface area contributed by atoms with E-state index in [0.717, 1.165) is 23.3 Å². The molecule has 0 amide bonds. The second kappa shape index (κ2) is 7.37. The summed E-state index contributed by atoms with van der Waals surface area (Å²) in [6.45, 7) is 2.11. The van der Waals surface area contributed by atoms with Crippen molar-refractivity contribution in [1.82, 2.24) is 0 Å². The third-order valence-electron chi connectivity index (χ3n) is 2.91. The molecule has 0 fully saturated rings. The van der Waals surface area contributed by atoms with E-state index in [1.165, 1.54) is 0 Å². The Balaban J connectivity index is 2.04. The number of hydrogen-bond acceptors (Lipinski definition) is 2. The minimum Gasteiger partial charge on any atom is -0.478 e. The largest absolute Gasteiger partial charge is 0.478 e. The maximum Gasteiger partial charge on any atom is 0.159 e. The highest BCUT2D eigenvalue weighted by Crippen LogP contribution is 2.12. The van der Waals surface area contributed by atoms with Crippen LogP contribution in [0.4, 0.5) is 0 Å². The van der Waals surface area contributed by atoms with Crippen molar-refractivity contribution in [3.63, 3.8) is 0 Å². The fourth-order valence-electron chi connectivity index (χ4n) is 1.74. The quantitative estimate of drug-likeness (QED) is 0.860. The molecule has 0 aliphatic rings. The zero-order valence-electron chi connectivity index (χ0n) is 11.5. The summed E-state index contributed by atoms with van der Waals surface area (Å²) in [7, 11) is 0. The number of hydrogen-bond donors (Lipinski definition) is 1. The summed E-state index contributed by atoms with van der Waals surface area (Å²) in [5, 5.41) is 8.99. The molecule has 0 saturated heterocycles. The summed E-state index contributed by atoms with van der Waals surface area (Å²) in [6.07, 6.45) is 0.714. The molecule has 0 heterocycles. The molecule has 2 aromatic rings. The van der Waals surface area contributed by atoms with Gasteiger partial charge in [0.2, 0.25) is 0 Å². The van der Waals surface area contributed by atoms with Crippen LogP contribution < -0.4 is 4.74 Å². The van der Waals surface area contributed by atoms with E-state index in [4.69, 9.17) is 9.84 Å². The highest BCUT2D eigenvalue weighted by atomic mass is 16.5. The lowest BCUT2D eigenvalue weighted by Gasteiger charge is -2.11. The zero-order valence-corrected chi connectivity index (χ0v) is 11.5. The average molecular weight is 266 g/mol. The molecule has 2 aromatic carbocycles. The van der Waals surface area contributed by atoms with E-state index in [1.807, 2.05) is 54.6 Å². The van der Waals surface area contributed by atoms with E-state index in [-0.39, 0.29) is 12.7 Å². The van der Waals surface area contributed by atoms with E-state index in [0.29, 0.717) is 0 Å². The Kier molecular flexibility index (Phi) is 5.23. The van der Waals surface area contributed by atoms with Gasteiger partial charge in [0.15, 0.2) is 6.10 Å². The SMILES string of the molecule is CCC(C#Cc1ccc(CO)cc1)Oc1ccccc1. The van der Waals surface area contributed by atoms with Gasteiger partial charge in [-0.3, -0.25) is 0 Å². The number of ether oxygens (including phenoxy) is 1. The summed E-state index contributed by atoms with van der Waals surface area (Å²) in [5.41, 5.74) is 1.82. The molecule has 0 saturated carbocycles. The standard InChI is InChI=1S/C18H18O2/c1-2-17(20-18-6-4-3-5-7-18)13-12-15-8-10-16(14-19)11-9-15/h3-11,17,19H,2,14H2,1H3. The van der Waals surface area contributed by atoms with E-state index in [2.05, 4.69) is 18.8 Å². The van der Waals surface area contributed by atoms with Gasteiger partial charge in [-0.2, -0.15) is 0 Å². The van der Waals surface area contributed by atoms with E-state index < -0.39 is 0 Å². The van der Waals surface area contributed by atoms with Crippen molar-refractivity contribution >= 4 is 0 Å². The Bertz CT molecular complexity index is 576. The van der Waals surface area contributed by atoms with Crippen molar-refractivity contribution in [3.8, 4) is 17.6 Å². The van der Waals surface area contributed by atoms with Gasteiger partial charge in [0.25, 0.3) is 0 Å². The second-order valence-corrected chi connectivity index (χ2v) is 4.45. The summed E-state index contributed by atoms with van der Waals surface area (Å²) in [6, 6.07) is 17.3. The van der Waals surface area contributed by atoms with Gasteiger partial charge >= 0.3 is 0 Å². The lowest BCUT2D eigenvalue weighted by Crippen LogP contribution is -2.12. The first-order valence-corrected chi connectivity index (χ1v) is 6.75. The summed E-state index contributed by atoms with van der Waals surface area (Å²) >= 11 is 0. The van der Waals surface area contributed by atoms with Crippen molar-refractivity contribution in [2.75, 3.05) is 0 Å². The van der Waals surface area contributed by atoms with Crippen molar-refractivity contribution in [1.29, 1.82) is 0 Å². The maximum absolute atomic E-state index is 8.99. The molecule has 0 bridgehead atoms. The van der Waals surface area contributed by atoms with Crippen LogP contribution in [0.3, 0.4) is 0 Å². The molecule has 0 aliphatic carbocycles. The third kappa shape index (κ3) is 4.15. The minimum absolute atomic E-state index is 0.0579. The smallest absolute Gasteiger partial charge is 0.159 e. The van der Waals surface area contributed by atoms with E-state index in [9.17, 15) is 0 Å². The molecule has 0 radical (unpaired) electrons. The van der Waals surface area contributed by atoms with Crippen molar-refractivity contribution in [2.24, 2.45) is 0 Å². The van der Waals surface area contributed by atoms with Crippen LogP contribution in [0, 0.1) is 11.8 Å². The molecule has 20 heavy (non-hydrogen) atoms. The summed E-state index contributed by atoms with van der Waals surface area (Å²) in [5.74, 6) is 7.08. The van der Waals surface area contributed by atoms with Gasteiger partial charge in [0, 0.05) is 5.56 Å². The van der Waals surface area contributed by atoms with Crippen molar-refractivity contribution < 1.29 is 9.84 Å². The lowest BCUT2D eigenvalue weighted by atomic mass is 10.1. The number of aliphatic hydroxyl groups excluding tert-OH is 1. The molecular formula is C18H18O2. The van der Waals surface area contributed by atoms with Crippen molar-refractivity contribution in [3.05, 3.63) is 65.7 Å². The average Bonchev–Trinajstić information content (AvgIpc) is 2.53. The number of para-hydroxylation sites is 1. The number of aliphatic hydroxyl groups is 1. The molecule has 1 atom stereocenters. The van der Waals surface area contributed by atoms with Crippen LogP contribution in [0.1, 0.15) is 24.5 Å². The Labute approximate surface area is 120 Å². The topological polar surface area (TPSA) is 29.5 Å². The van der Waals surface area contributed by atoms with Gasteiger partial charge in [0.1, 0.15) is 5.75 Å². The molecule has 102 valence electrons. The predicted molar refractivity (Wildman–Crippen MR) is 80.4 cm³/mol. The fraction of sp³-hybridized carbons (Fsp3) is 0.222. The molecule has 0 aliphatic heterocycles. The lowest BCUT2D eigenvalue weighted by molar-refractivity contribution is 0.254. The highest BCUT2D eigenvalue weighted by molar-refractivity contribution is 5.37. The Hall–Kier alpha value is -2.24. The molecule has 1 unspecified atom stereocenters. The van der Waals surface area contributed by atoms with Crippen LogP contribution in [0.15, 0.2) is 54.6 Å². The monoisotopic (exact) mass is 266 g/mol. The molecule has 2 heteroatoms. The van der Waals surface area contributed by atoms with Crippen LogP contribution in [0.2, 0.25) is 0 Å². The first-order valence-electron chi connectivity index (χ1n) is 6.75. The third-order valence-corrected chi connectivity index (χ3v) is 2.91. The molecule has 2 nitrogen and oxygen atoms in total. The predicted octanol–water partition coefficient (Wildman–Crippen LogP) is 3.39. The van der Waals surface area contributed by atoms with Gasteiger partial charge in [-0.05, 0) is 36.2 Å². The Morgan fingerprint density at radius 3 is 2.35 bits per heavy atom. The highest BCUT2D eigenvalue weighted by Gasteiger charge is 2.03. The summed E-state index contributed by atoms with van der Waals surface area (Å²) in [4.78, 5) is 0. The van der Waals surface area contributed by atoms with E-state index in [1.54, 1.807) is 0 Å². The van der Waals surface area contributed by atoms with Gasteiger partial charge in [0.05, 0.1) is 6.61 Å². The fourth-order valence-corrected chi connectivity index (χ4v) is 1.74. The van der Waals surface area contributed by atoms with Crippen LogP contribution in [0.5, 0.6) is 5.75 Å². The van der Waals surface area contributed by atoms with Crippen LogP contribution >= 0.6 is 0 Å². The van der Waals surface area contributed by atoms with Gasteiger partial charge < -0.3 is 9.84 Å². The van der Waals surface area contributed by atoms with Gasteiger partial charge in [-0.25, -0.2) is 0 Å². The van der Waals surface area contributed by atoms with Crippen LogP contribution in [0.25, 0.3) is 0 Å². The van der Waals surface area contributed by atoms with Crippen LogP contribution in [-0.4, -0.2) is 11.2 Å². The number of rotatable bonds is 4. The summed E-state index contributed by atoms with van der Waals surface area (Å²) < 4.78 is 5.82. The van der Waals surface area contributed by atoms with Gasteiger partial charge in [-0.15, -0.1) is 0 Å². The number of benzene rings is 2. The van der Waals surface area contributed by atoms with E-state index >= 15 is 0 Å². The first kappa shape index (κ1) is 14.2. The molecule has 2 rings (SSSR count). The zero-order chi connectivity index (χ0) is 14.2. The molecular weight excluding hydrogens is 248 g/mol.